The van der Waals surface area contributed by atoms with Gasteiger partial charge in [0.25, 0.3) is 5.91 Å². The lowest BCUT2D eigenvalue weighted by atomic mass is 10.2. The van der Waals surface area contributed by atoms with Crippen LogP contribution in [0.1, 0.15) is 10.4 Å². The minimum absolute atomic E-state index is 0.0564. The normalized spacial score (nSPS) is 10.7. The van der Waals surface area contributed by atoms with Gasteiger partial charge in [-0.15, -0.1) is 0 Å². The van der Waals surface area contributed by atoms with Crippen molar-refractivity contribution in [3.05, 3.63) is 83.9 Å². The molecule has 2 N–H and O–H groups in total. The molecule has 144 valence electrons. The van der Waals surface area contributed by atoms with Gasteiger partial charge < -0.3 is 9.73 Å². The number of nitrogens with zero attached hydrogens (tertiary/aromatic N) is 1. The van der Waals surface area contributed by atoms with E-state index in [-0.39, 0.29) is 16.5 Å². The summed E-state index contributed by atoms with van der Waals surface area (Å²) in [7, 11) is 0. The average Bonchev–Trinajstić information content (AvgIpc) is 3.11. The number of halogens is 2. The van der Waals surface area contributed by atoms with Crippen LogP contribution in [0.2, 0.25) is 0 Å². The fourth-order valence-corrected chi connectivity index (χ4v) is 2.90. The first-order chi connectivity index (χ1) is 14.0. The molecule has 0 saturated heterocycles. The van der Waals surface area contributed by atoms with Crippen LogP contribution in [-0.2, 0) is 0 Å². The highest BCUT2D eigenvalue weighted by atomic mass is 32.1. The molecule has 0 aliphatic rings. The molecule has 1 amide bonds. The Morgan fingerprint density at radius 1 is 0.966 bits per heavy atom. The molecule has 29 heavy (non-hydrogen) atoms. The van der Waals surface area contributed by atoms with Gasteiger partial charge in [0.15, 0.2) is 10.7 Å². The molecule has 4 aromatic rings. The highest BCUT2D eigenvalue weighted by molar-refractivity contribution is 7.80. The maximum absolute atomic E-state index is 13.2. The number of nitrogens with one attached hydrogen (secondary N) is 2. The first-order valence-corrected chi connectivity index (χ1v) is 8.93. The van der Waals surface area contributed by atoms with Crippen molar-refractivity contribution in [3.63, 3.8) is 0 Å². The summed E-state index contributed by atoms with van der Waals surface area (Å²) < 4.78 is 32.0. The number of hydrogen-bond donors (Lipinski definition) is 2. The van der Waals surface area contributed by atoms with E-state index in [1.54, 1.807) is 30.3 Å². The largest absolute Gasteiger partial charge is 0.436 e. The van der Waals surface area contributed by atoms with Crippen molar-refractivity contribution < 1.29 is 18.0 Å². The topological polar surface area (TPSA) is 67.2 Å². The third-order valence-electron chi connectivity index (χ3n) is 4.05. The average molecular weight is 409 g/mol. The molecule has 0 spiro atoms. The summed E-state index contributed by atoms with van der Waals surface area (Å²) in [5.74, 6) is -1.02. The van der Waals surface area contributed by atoms with Gasteiger partial charge in [0, 0.05) is 16.8 Å². The maximum atomic E-state index is 13.2. The van der Waals surface area contributed by atoms with Crippen LogP contribution in [0.3, 0.4) is 0 Å². The van der Waals surface area contributed by atoms with E-state index in [2.05, 4.69) is 15.6 Å². The summed E-state index contributed by atoms with van der Waals surface area (Å²) in [6.45, 7) is 0. The fraction of sp³-hybridized carbons (Fsp3) is 0. The van der Waals surface area contributed by atoms with Crippen molar-refractivity contribution in [2.24, 2.45) is 0 Å². The molecule has 0 aliphatic carbocycles. The lowest BCUT2D eigenvalue weighted by molar-refractivity contribution is 0.0977. The second kappa shape index (κ2) is 7.76. The van der Waals surface area contributed by atoms with Crippen LogP contribution in [0.15, 0.2) is 71.1 Å². The van der Waals surface area contributed by atoms with E-state index in [1.165, 1.54) is 30.3 Å². The van der Waals surface area contributed by atoms with Crippen molar-refractivity contribution in [2.75, 3.05) is 5.32 Å². The number of thiocarbonyl (C=S) groups is 1. The first-order valence-electron chi connectivity index (χ1n) is 8.52. The smallest absolute Gasteiger partial charge is 0.257 e. The van der Waals surface area contributed by atoms with Crippen molar-refractivity contribution in [3.8, 4) is 11.5 Å². The molecule has 0 unspecified atom stereocenters. The van der Waals surface area contributed by atoms with Crippen LogP contribution in [0.5, 0.6) is 0 Å². The van der Waals surface area contributed by atoms with E-state index in [9.17, 15) is 13.6 Å². The third kappa shape index (κ3) is 4.27. The van der Waals surface area contributed by atoms with Gasteiger partial charge in [0.2, 0.25) is 5.89 Å². The number of rotatable bonds is 3. The van der Waals surface area contributed by atoms with Crippen molar-refractivity contribution in [1.82, 2.24) is 10.3 Å². The maximum Gasteiger partial charge on any atom is 0.257 e. The first kappa shape index (κ1) is 18.7. The zero-order valence-corrected chi connectivity index (χ0v) is 15.6. The number of anilines is 1. The molecule has 0 saturated carbocycles. The highest BCUT2D eigenvalue weighted by Gasteiger charge is 2.11. The number of oxazole rings is 1. The SMILES string of the molecule is O=C(NC(=S)Nc1ccc2oc(-c3ccc(F)cc3)nc2c1)c1cccc(F)c1. The minimum Gasteiger partial charge on any atom is -0.436 e. The molecule has 1 heterocycles. The van der Waals surface area contributed by atoms with Gasteiger partial charge in [0.1, 0.15) is 17.2 Å². The van der Waals surface area contributed by atoms with Crippen molar-refractivity contribution in [1.29, 1.82) is 0 Å². The molecular weight excluding hydrogens is 396 g/mol. The predicted molar refractivity (Wildman–Crippen MR) is 109 cm³/mol. The zero-order chi connectivity index (χ0) is 20.4. The van der Waals surface area contributed by atoms with Crippen LogP contribution in [0.25, 0.3) is 22.6 Å². The van der Waals surface area contributed by atoms with Crippen LogP contribution in [0, 0.1) is 11.6 Å². The monoisotopic (exact) mass is 409 g/mol. The number of carbonyl (C=O) groups excluding carboxylic acids is 1. The van der Waals surface area contributed by atoms with Gasteiger partial charge in [0.05, 0.1) is 0 Å². The standard InChI is InChI=1S/C21H13F2N3O2S/c22-14-6-4-12(5-7-14)20-25-17-11-16(8-9-18(17)28-20)24-21(29)26-19(27)13-2-1-3-15(23)10-13/h1-11H,(H2,24,26,27,29). The second-order valence-electron chi connectivity index (χ2n) is 6.13. The summed E-state index contributed by atoms with van der Waals surface area (Å²) in [5.41, 5.74) is 2.50. The van der Waals surface area contributed by atoms with Gasteiger partial charge in [-0.05, 0) is 72.9 Å². The summed E-state index contributed by atoms with van der Waals surface area (Å²) >= 11 is 5.15. The molecule has 5 nitrogen and oxygen atoms in total. The molecular formula is C21H13F2N3O2S. The van der Waals surface area contributed by atoms with E-state index in [1.807, 2.05) is 0 Å². The Labute approximate surface area is 169 Å². The number of hydrogen-bond acceptors (Lipinski definition) is 4. The lowest BCUT2D eigenvalue weighted by Crippen LogP contribution is -2.34. The molecule has 0 aliphatic heterocycles. The van der Waals surface area contributed by atoms with E-state index in [0.29, 0.717) is 28.2 Å². The molecule has 8 heteroatoms. The number of benzene rings is 3. The van der Waals surface area contributed by atoms with Gasteiger partial charge in [-0.25, -0.2) is 13.8 Å². The Bertz CT molecular complexity index is 1220. The zero-order valence-electron chi connectivity index (χ0n) is 14.8. The molecule has 0 bridgehead atoms. The Hall–Kier alpha value is -3.65. The number of aromatic nitrogens is 1. The van der Waals surface area contributed by atoms with Crippen molar-refractivity contribution in [2.45, 2.75) is 0 Å². The van der Waals surface area contributed by atoms with E-state index in [4.69, 9.17) is 16.6 Å². The molecule has 1 aromatic heterocycles. The number of carbonyl (C=O) groups is 1. The highest BCUT2D eigenvalue weighted by Crippen LogP contribution is 2.26. The fourth-order valence-electron chi connectivity index (χ4n) is 2.69. The Morgan fingerprint density at radius 3 is 2.52 bits per heavy atom. The Morgan fingerprint density at radius 2 is 1.76 bits per heavy atom. The van der Waals surface area contributed by atoms with Crippen LogP contribution in [0.4, 0.5) is 14.5 Å². The third-order valence-corrected chi connectivity index (χ3v) is 4.25. The Balaban J connectivity index is 1.48. The van der Waals surface area contributed by atoms with Crippen LogP contribution < -0.4 is 10.6 Å². The summed E-state index contributed by atoms with van der Waals surface area (Å²) in [6.07, 6.45) is 0. The summed E-state index contributed by atoms with van der Waals surface area (Å²) in [6, 6.07) is 16.2. The van der Waals surface area contributed by atoms with E-state index >= 15 is 0 Å². The molecule has 0 radical (unpaired) electrons. The quantitative estimate of drug-likeness (QED) is 0.471. The Kier molecular flexibility index (Phi) is 5.01. The van der Waals surface area contributed by atoms with Crippen LogP contribution >= 0.6 is 12.2 Å². The van der Waals surface area contributed by atoms with Gasteiger partial charge in [-0.3, -0.25) is 10.1 Å². The number of amides is 1. The minimum atomic E-state index is -0.525. The number of fused-ring (bicyclic) bond motifs is 1. The lowest BCUT2D eigenvalue weighted by Gasteiger charge is -2.09. The van der Waals surface area contributed by atoms with Gasteiger partial charge in [-0.1, -0.05) is 6.07 Å². The van der Waals surface area contributed by atoms with E-state index in [0.717, 1.165) is 6.07 Å². The predicted octanol–water partition coefficient (Wildman–Crippen LogP) is 4.90. The van der Waals surface area contributed by atoms with Crippen LogP contribution in [-0.4, -0.2) is 16.0 Å². The molecule has 3 aromatic carbocycles. The summed E-state index contributed by atoms with van der Waals surface area (Å²) in [5, 5.41) is 5.43. The second-order valence-corrected chi connectivity index (χ2v) is 6.54. The van der Waals surface area contributed by atoms with Crippen molar-refractivity contribution >= 4 is 40.0 Å². The molecule has 4 rings (SSSR count). The van der Waals surface area contributed by atoms with Gasteiger partial charge >= 0.3 is 0 Å². The molecule has 0 atom stereocenters. The van der Waals surface area contributed by atoms with Gasteiger partial charge in [-0.2, -0.15) is 0 Å². The van der Waals surface area contributed by atoms with E-state index < -0.39 is 11.7 Å². The summed E-state index contributed by atoms with van der Waals surface area (Å²) in [4.78, 5) is 16.5. The molecule has 0 fully saturated rings.